The molecule has 28 heavy (non-hydrogen) atoms. The van der Waals surface area contributed by atoms with Crippen molar-refractivity contribution in [3.8, 4) is 16.4 Å². The number of pyridine rings is 1. The molecule has 0 aliphatic heterocycles. The topological polar surface area (TPSA) is 43.6 Å². The van der Waals surface area contributed by atoms with Crippen LogP contribution in [0.1, 0.15) is 5.56 Å². The van der Waals surface area contributed by atoms with Crippen LogP contribution in [0.4, 0.5) is 13.2 Å². The van der Waals surface area contributed by atoms with Crippen LogP contribution in [0.3, 0.4) is 0 Å². The lowest BCUT2D eigenvalue weighted by Gasteiger charge is -2.11. The molecule has 0 saturated carbocycles. The van der Waals surface area contributed by atoms with Gasteiger partial charge in [0.05, 0.1) is 15.5 Å². The van der Waals surface area contributed by atoms with E-state index in [1.165, 1.54) is 11.3 Å². The number of hydrogen-bond donors (Lipinski definition) is 0. The maximum absolute atomic E-state index is 12.8. The van der Waals surface area contributed by atoms with E-state index in [9.17, 15) is 13.2 Å². The highest BCUT2D eigenvalue weighted by atomic mass is 35.5. The van der Waals surface area contributed by atoms with Gasteiger partial charge in [-0.25, -0.2) is 4.98 Å². The first-order valence-corrected chi connectivity index (χ1v) is 9.96. The van der Waals surface area contributed by atoms with Crippen LogP contribution in [-0.2, 0) is 6.18 Å². The number of nitrogens with zero attached hydrogens (tertiary/aromatic N) is 4. The van der Waals surface area contributed by atoms with E-state index < -0.39 is 11.7 Å². The molecular formula is C18H10ClF3N4S2. The molecule has 0 radical (unpaired) electrons. The number of alkyl halides is 3. The summed E-state index contributed by atoms with van der Waals surface area (Å²) in [7, 11) is 0. The van der Waals surface area contributed by atoms with Gasteiger partial charge in [0.15, 0.2) is 5.82 Å². The van der Waals surface area contributed by atoms with E-state index in [2.05, 4.69) is 15.2 Å². The Morgan fingerprint density at radius 2 is 1.82 bits per heavy atom. The molecule has 3 heterocycles. The SMILES string of the molecule is FC(F)(F)c1cnc(Sc2nnc(-c3cccs3)n2-c2ccccc2)c(Cl)c1. The minimum Gasteiger partial charge on any atom is -0.269 e. The smallest absolute Gasteiger partial charge is 0.269 e. The second kappa shape index (κ2) is 7.57. The van der Waals surface area contributed by atoms with E-state index in [-0.39, 0.29) is 10.0 Å². The van der Waals surface area contributed by atoms with Crippen LogP contribution in [0.15, 0.2) is 70.3 Å². The molecule has 0 bridgehead atoms. The zero-order valence-electron chi connectivity index (χ0n) is 13.9. The third-order valence-corrected chi connectivity index (χ3v) is 5.94. The van der Waals surface area contributed by atoms with Gasteiger partial charge >= 0.3 is 6.18 Å². The van der Waals surface area contributed by atoms with E-state index >= 15 is 0 Å². The van der Waals surface area contributed by atoms with Crippen molar-refractivity contribution in [2.75, 3.05) is 0 Å². The zero-order valence-corrected chi connectivity index (χ0v) is 16.3. The lowest BCUT2D eigenvalue weighted by atomic mass is 10.3. The van der Waals surface area contributed by atoms with Gasteiger partial charge in [-0.2, -0.15) is 13.2 Å². The van der Waals surface area contributed by atoms with E-state index in [1.54, 1.807) is 0 Å². The van der Waals surface area contributed by atoms with Crippen LogP contribution >= 0.6 is 34.7 Å². The zero-order chi connectivity index (χ0) is 19.7. The second-order valence-corrected chi connectivity index (χ2v) is 7.88. The first-order chi connectivity index (χ1) is 13.4. The molecule has 10 heteroatoms. The fourth-order valence-corrected chi connectivity index (χ4v) is 4.23. The summed E-state index contributed by atoms with van der Waals surface area (Å²) in [4.78, 5) is 4.79. The summed E-state index contributed by atoms with van der Waals surface area (Å²) in [6, 6.07) is 14.1. The van der Waals surface area contributed by atoms with Gasteiger partial charge in [-0.3, -0.25) is 4.57 Å². The number of thiophene rings is 1. The molecule has 1 aromatic carbocycles. The molecule has 142 valence electrons. The van der Waals surface area contributed by atoms with Crippen molar-refractivity contribution in [1.29, 1.82) is 0 Å². The van der Waals surface area contributed by atoms with Crippen LogP contribution in [0.5, 0.6) is 0 Å². The molecule has 0 aliphatic rings. The molecule has 4 rings (SSSR count). The Labute approximate surface area is 171 Å². The molecular weight excluding hydrogens is 429 g/mol. The lowest BCUT2D eigenvalue weighted by molar-refractivity contribution is -0.137. The first-order valence-electron chi connectivity index (χ1n) is 7.89. The summed E-state index contributed by atoms with van der Waals surface area (Å²) in [6.45, 7) is 0. The average Bonchev–Trinajstić information content (AvgIpc) is 3.33. The summed E-state index contributed by atoms with van der Waals surface area (Å²) < 4.78 is 40.4. The molecule has 0 atom stereocenters. The van der Waals surface area contributed by atoms with Crippen molar-refractivity contribution in [2.24, 2.45) is 0 Å². The highest BCUT2D eigenvalue weighted by Crippen LogP contribution is 2.38. The van der Waals surface area contributed by atoms with Gasteiger partial charge in [0.1, 0.15) is 5.03 Å². The molecule has 0 fully saturated rings. The molecule has 4 nitrogen and oxygen atoms in total. The summed E-state index contributed by atoms with van der Waals surface area (Å²) in [5.74, 6) is 0.631. The predicted molar refractivity (Wildman–Crippen MR) is 103 cm³/mol. The molecule has 4 aromatic rings. The van der Waals surface area contributed by atoms with E-state index in [1.807, 2.05) is 52.4 Å². The van der Waals surface area contributed by atoms with Crippen molar-refractivity contribution in [3.05, 3.63) is 70.7 Å². The van der Waals surface area contributed by atoms with Crippen molar-refractivity contribution in [3.63, 3.8) is 0 Å². The highest BCUT2D eigenvalue weighted by molar-refractivity contribution is 7.99. The Balaban J connectivity index is 1.77. The third kappa shape index (κ3) is 3.78. The lowest BCUT2D eigenvalue weighted by Crippen LogP contribution is -2.06. The maximum atomic E-state index is 12.8. The molecule has 0 spiro atoms. The van der Waals surface area contributed by atoms with Gasteiger partial charge in [0.2, 0.25) is 5.16 Å². The normalized spacial score (nSPS) is 11.7. The van der Waals surface area contributed by atoms with E-state index in [4.69, 9.17) is 11.6 Å². The Hall–Kier alpha value is -2.36. The highest BCUT2D eigenvalue weighted by Gasteiger charge is 2.32. The standard InChI is InChI=1S/C18H10ClF3N4S2/c19-13-9-11(18(20,21)22)10-23-16(13)28-17-25-24-15(14-7-4-8-27-14)26(17)12-5-2-1-3-6-12/h1-10H. The van der Waals surface area contributed by atoms with Crippen LogP contribution in [0.25, 0.3) is 16.4 Å². The fraction of sp³-hybridized carbons (Fsp3) is 0.0556. The maximum Gasteiger partial charge on any atom is 0.417 e. The van der Waals surface area contributed by atoms with Crippen LogP contribution in [0, 0.1) is 0 Å². The second-order valence-electron chi connectivity index (χ2n) is 5.57. The van der Waals surface area contributed by atoms with Crippen molar-refractivity contribution >= 4 is 34.7 Å². The van der Waals surface area contributed by atoms with Crippen molar-refractivity contribution in [1.82, 2.24) is 19.7 Å². The summed E-state index contributed by atoms with van der Waals surface area (Å²) in [6.07, 6.45) is -3.74. The molecule has 0 aliphatic carbocycles. The number of para-hydroxylation sites is 1. The van der Waals surface area contributed by atoms with E-state index in [0.29, 0.717) is 11.0 Å². The number of hydrogen-bond acceptors (Lipinski definition) is 5. The number of benzene rings is 1. The first kappa shape index (κ1) is 19.0. The Bertz CT molecular complexity index is 1100. The van der Waals surface area contributed by atoms with Gasteiger partial charge < -0.3 is 0 Å². The van der Waals surface area contributed by atoms with Gasteiger partial charge in [-0.15, -0.1) is 21.5 Å². The minimum absolute atomic E-state index is 0.0971. The average molecular weight is 439 g/mol. The summed E-state index contributed by atoms with van der Waals surface area (Å²) in [5.41, 5.74) is -0.0768. The number of rotatable bonds is 4. The number of aromatic nitrogens is 4. The molecule has 0 N–H and O–H groups in total. The fourth-order valence-electron chi connectivity index (χ4n) is 2.45. The molecule has 0 amide bonds. The van der Waals surface area contributed by atoms with Crippen LogP contribution < -0.4 is 0 Å². The minimum atomic E-state index is -4.50. The monoisotopic (exact) mass is 438 g/mol. The van der Waals surface area contributed by atoms with Gasteiger partial charge in [0, 0.05) is 11.9 Å². The summed E-state index contributed by atoms with van der Waals surface area (Å²) >= 11 is 8.62. The van der Waals surface area contributed by atoms with Gasteiger partial charge in [-0.1, -0.05) is 35.9 Å². The summed E-state index contributed by atoms with van der Waals surface area (Å²) in [5, 5.41) is 11.0. The Morgan fingerprint density at radius 3 is 2.46 bits per heavy atom. The third-order valence-electron chi connectivity index (χ3n) is 3.71. The largest absolute Gasteiger partial charge is 0.417 e. The van der Waals surface area contributed by atoms with Gasteiger partial charge in [-0.05, 0) is 41.4 Å². The van der Waals surface area contributed by atoms with Gasteiger partial charge in [0.25, 0.3) is 0 Å². The van der Waals surface area contributed by atoms with Crippen molar-refractivity contribution in [2.45, 2.75) is 16.4 Å². The Morgan fingerprint density at radius 1 is 1.04 bits per heavy atom. The number of halogens is 4. The van der Waals surface area contributed by atoms with Crippen LogP contribution in [-0.4, -0.2) is 19.7 Å². The molecule has 3 aromatic heterocycles. The molecule has 0 unspecified atom stereocenters. The van der Waals surface area contributed by atoms with Crippen molar-refractivity contribution < 1.29 is 13.2 Å². The predicted octanol–water partition coefficient (Wildman–Crippen LogP) is 6.21. The molecule has 0 saturated heterocycles. The van der Waals surface area contributed by atoms with Crippen LogP contribution in [0.2, 0.25) is 5.02 Å². The quantitative estimate of drug-likeness (QED) is 0.379. The van der Waals surface area contributed by atoms with E-state index in [0.717, 1.165) is 34.6 Å². The Kier molecular flexibility index (Phi) is 5.13.